The molecule has 0 fully saturated rings. The van der Waals surface area contributed by atoms with Crippen LogP contribution in [0.3, 0.4) is 0 Å². The molecule has 0 unspecified atom stereocenters. The lowest BCUT2D eigenvalue weighted by molar-refractivity contribution is 0.660. The zero-order valence-corrected chi connectivity index (χ0v) is 41.8. The molecule has 1 aliphatic carbocycles. The minimum atomic E-state index is -0.187. The van der Waals surface area contributed by atoms with Crippen LogP contribution in [0.4, 0.5) is 17.1 Å². The number of nitrogens with zero attached hydrogens (tertiary/aromatic N) is 2. The highest BCUT2D eigenvalue weighted by Gasteiger charge is 2.36. The molecule has 0 spiro atoms. The summed E-state index contributed by atoms with van der Waals surface area (Å²) in [5.41, 5.74) is 19.1. The van der Waals surface area contributed by atoms with Crippen molar-refractivity contribution in [2.24, 2.45) is 0 Å². The van der Waals surface area contributed by atoms with Crippen LogP contribution < -0.4 is 4.90 Å². The molecular formula is C73H50N2. The highest BCUT2D eigenvalue weighted by Crippen LogP contribution is 2.53. The van der Waals surface area contributed by atoms with Gasteiger partial charge in [0.05, 0.1) is 16.7 Å². The van der Waals surface area contributed by atoms with E-state index in [2.05, 4.69) is 290 Å². The summed E-state index contributed by atoms with van der Waals surface area (Å²) in [6.45, 7) is 4.76. The van der Waals surface area contributed by atoms with E-state index in [0.29, 0.717) is 0 Å². The molecule has 1 aromatic heterocycles. The van der Waals surface area contributed by atoms with E-state index in [1.807, 2.05) is 0 Å². The molecule has 0 atom stereocenters. The number of rotatable bonds is 7. The summed E-state index contributed by atoms with van der Waals surface area (Å²) in [6, 6.07) is 99.4. The molecule has 0 saturated heterocycles. The van der Waals surface area contributed by atoms with Crippen molar-refractivity contribution in [3.05, 3.63) is 278 Å². The fourth-order valence-electron chi connectivity index (χ4n) is 12.8. The highest BCUT2D eigenvalue weighted by atomic mass is 15.1. The van der Waals surface area contributed by atoms with Crippen LogP contribution in [0, 0.1) is 0 Å². The molecule has 0 amide bonds. The molecule has 0 N–H and O–H groups in total. The molecule has 13 aromatic carbocycles. The van der Waals surface area contributed by atoms with Crippen molar-refractivity contribution in [2.75, 3.05) is 4.90 Å². The van der Waals surface area contributed by atoms with E-state index in [-0.39, 0.29) is 5.41 Å². The maximum atomic E-state index is 2.54. The van der Waals surface area contributed by atoms with Crippen LogP contribution in [0.2, 0.25) is 0 Å². The minimum Gasteiger partial charge on any atom is -0.310 e. The Morgan fingerprint density at radius 3 is 1.64 bits per heavy atom. The van der Waals surface area contributed by atoms with E-state index in [0.717, 1.165) is 33.9 Å². The second-order valence-corrected chi connectivity index (χ2v) is 20.8. The first-order valence-electron chi connectivity index (χ1n) is 26.2. The zero-order chi connectivity index (χ0) is 49.8. The maximum Gasteiger partial charge on any atom is 0.0546 e. The van der Waals surface area contributed by atoms with Gasteiger partial charge in [0.1, 0.15) is 0 Å². The van der Waals surface area contributed by atoms with Gasteiger partial charge in [0, 0.05) is 38.8 Å². The molecule has 0 bridgehead atoms. The van der Waals surface area contributed by atoms with E-state index in [9.17, 15) is 0 Å². The van der Waals surface area contributed by atoms with Crippen LogP contribution in [0.1, 0.15) is 25.0 Å². The van der Waals surface area contributed by atoms with Crippen molar-refractivity contribution in [1.82, 2.24) is 4.57 Å². The second kappa shape index (κ2) is 16.8. The summed E-state index contributed by atoms with van der Waals surface area (Å²) >= 11 is 0. The number of hydrogen-bond acceptors (Lipinski definition) is 1. The Labute approximate surface area is 436 Å². The monoisotopic (exact) mass is 954 g/mol. The number of fused-ring (bicyclic) bond motifs is 13. The molecule has 75 heavy (non-hydrogen) atoms. The van der Waals surface area contributed by atoms with Crippen LogP contribution >= 0.6 is 0 Å². The van der Waals surface area contributed by atoms with Crippen molar-refractivity contribution in [1.29, 1.82) is 0 Å². The van der Waals surface area contributed by atoms with Crippen molar-refractivity contribution in [2.45, 2.75) is 19.3 Å². The van der Waals surface area contributed by atoms with Crippen LogP contribution in [0.25, 0.3) is 115 Å². The standard InChI is InChI=1S/C73H50N2/c1-73(2)68-32-14-12-29-61(68)62-40-39-54(44-69(62)73)74(52-37-34-49(35-38-52)56-31-17-21-48-20-6-7-24-55(48)56)72-46-66-60-28-11-9-26-58(60)57-25-8-10-27-59(57)65(66)45-64(72)51-36-41-71-67(43-51)63-30-13-15-33-70(63)75(71)53-23-16-22-50(42-53)47-18-4-3-5-19-47/h3-46H,1-2H3. The molecule has 15 rings (SSSR count). The average Bonchev–Trinajstić information content (AvgIpc) is 4.00. The lowest BCUT2D eigenvalue weighted by Gasteiger charge is -2.30. The summed E-state index contributed by atoms with van der Waals surface area (Å²) in [7, 11) is 0. The van der Waals surface area contributed by atoms with Gasteiger partial charge in [-0.1, -0.05) is 214 Å². The van der Waals surface area contributed by atoms with Gasteiger partial charge >= 0.3 is 0 Å². The number of benzene rings is 13. The number of hydrogen-bond donors (Lipinski definition) is 0. The molecule has 1 aliphatic rings. The third-order valence-electron chi connectivity index (χ3n) is 16.3. The fourth-order valence-corrected chi connectivity index (χ4v) is 12.8. The Morgan fingerprint density at radius 2 is 0.853 bits per heavy atom. The van der Waals surface area contributed by atoms with E-state index in [4.69, 9.17) is 0 Å². The first-order chi connectivity index (χ1) is 37.0. The molecule has 14 aromatic rings. The first-order valence-corrected chi connectivity index (χ1v) is 26.2. The van der Waals surface area contributed by atoms with Gasteiger partial charge in [-0.3, -0.25) is 0 Å². The molecule has 2 nitrogen and oxygen atoms in total. The van der Waals surface area contributed by atoms with E-state index >= 15 is 0 Å². The average molecular weight is 955 g/mol. The van der Waals surface area contributed by atoms with Crippen LogP contribution in [-0.4, -0.2) is 4.57 Å². The van der Waals surface area contributed by atoms with Gasteiger partial charge in [0.25, 0.3) is 0 Å². The first kappa shape index (κ1) is 43.1. The molecule has 0 saturated carbocycles. The molecule has 1 heterocycles. The Balaban J connectivity index is 1.01. The van der Waals surface area contributed by atoms with Gasteiger partial charge in [-0.05, 0) is 160 Å². The summed E-state index contributed by atoms with van der Waals surface area (Å²) in [5.74, 6) is 0. The van der Waals surface area contributed by atoms with E-state index < -0.39 is 0 Å². The molecule has 352 valence electrons. The van der Waals surface area contributed by atoms with E-state index in [1.54, 1.807) is 0 Å². The van der Waals surface area contributed by atoms with Crippen molar-refractivity contribution in [3.63, 3.8) is 0 Å². The van der Waals surface area contributed by atoms with Gasteiger partial charge in [-0.15, -0.1) is 0 Å². The SMILES string of the molecule is CC1(C)c2ccccc2-c2ccc(N(c3ccc(-c4cccc5ccccc45)cc3)c3cc4c5ccccc5c5ccccc5c4cc3-c3ccc4c(c3)c3ccccc3n4-c3cccc(-c4ccccc4)c3)cc21. The minimum absolute atomic E-state index is 0.187. The highest BCUT2D eigenvalue weighted by molar-refractivity contribution is 6.27. The summed E-state index contributed by atoms with van der Waals surface area (Å²) in [6.07, 6.45) is 0. The fraction of sp³-hybridized carbons (Fsp3) is 0.0411. The molecule has 0 radical (unpaired) electrons. The smallest absolute Gasteiger partial charge is 0.0546 e. The lowest BCUT2D eigenvalue weighted by Crippen LogP contribution is -2.17. The number of anilines is 3. The quantitative estimate of drug-likeness (QED) is 0.145. The third kappa shape index (κ3) is 6.73. The maximum absolute atomic E-state index is 2.54. The van der Waals surface area contributed by atoms with E-state index in [1.165, 1.54) is 109 Å². The van der Waals surface area contributed by atoms with Crippen molar-refractivity contribution in [3.8, 4) is 50.2 Å². The Kier molecular flexibility index (Phi) is 9.65. The van der Waals surface area contributed by atoms with Crippen molar-refractivity contribution >= 4 is 82.0 Å². The van der Waals surface area contributed by atoms with Crippen LogP contribution in [0.15, 0.2) is 267 Å². The second-order valence-electron chi connectivity index (χ2n) is 20.8. The van der Waals surface area contributed by atoms with Gasteiger partial charge < -0.3 is 9.47 Å². The summed E-state index contributed by atoms with van der Waals surface area (Å²) < 4.78 is 2.44. The van der Waals surface area contributed by atoms with Gasteiger partial charge in [-0.25, -0.2) is 0 Å². The summed E-state index contributed by atoms with van der Waals surface area (Å²) in [4.78, 5) is 2.54. The Hall–Kier alpha value is -9.50. The van der Waals surface area contributed by atoms with Gasteiger partial charge in [0.2, 0.25) is 0 Å². The molecule has 2 heteroatoms. The Bertz CT molecular complexity index is 4610. The topological polar surface area (TPSA) is 8.17 Å². The predicted molar refractivity (Wildman–Crippen MR) is 319 cm³/mol. The number of aromatic nitrogens is 1. The predicted octanol–water partition coefficient (Wildman–Crippen LogP) is 20.2. The molecule has 0 aliphatic heterocycles. The van der Waals surface area contributed by atoms with Crippen LogP contribution in [-0.2, 0) is 5.41 Å². The van der Waals surface area contributed by atoms with Crippen molar-refractivity contribution < 1.29 is 0 Å². The normalized spacial score (nSPS) is 12.8. The molecular weight excluding hydrogens is 905 g/mol. The van der Waals surface area contributed by atoms with Gasteiger partial charge in [-0.2, -0.15) is 0 Å². The summed E-state index contributed by atoms with van der Waals surface area (Å²) in [5, 5.41) is 12.4. The van der Waals surface area contributed by atoms with Gasteiger partial charge in [0.15, 0.2) is 0 Å². The number of para-hydroxylation sites is 1. The van der Waals surface area contributed by atoms with Crippen LogP contribution in [0.5, 0.6) is 0 Å². The lowest BCUT2D eigenvalue weighted by atomic mass is 9.82. The third-order valence-corrected chi connectivity index (χ3v) is 16.3. The Morgan fingerprint density at radius 1 is 0.293 bits per heavy atom. The largest absolute Gasteiger partial charge is 0.310 e. The zero-order valence-electron chi connectivity index (χ0n) is 41.8.